The van der Waals surface area contributed by atoms with E-state index in [2.05, 4.69) is 5.32 Å². The summed E-state index contributed by atoms with van der Waals surface area (Å²) in [6, 6.07) is 0. The van der Waals surface area contributed by atoms with Crippen LogP contribution in [-0.2, 0) is 9.59 Å². The lowest BCUT2D eigenvalue weighted by molar-refractivity contribution is -0.130. The summed E-state index contributed by atoms with van der Waals surface area (Å²) in [5, 5.41) is 2.88. The second-order valence-corrected chi connectivity index (χ2v) is 4.82. The Hall–Kier alpha value is -0.860. The van der Waals surface area contributed by atoms with Crippen LogP contribution in [0.2, 0.25) is 0 Å². The second-order valence-electron chi connectivity index (χ2n) is 4.82. The van der Waals surface area contributed by atoms with E-state index in [1.54, 1.807) is 0 Å². The van der Waals surface area contributed by atoms with Crippen molar-refractivity contribution in [1.82, 2.24) is 5.32 Å². The van der Waals surface area contributed by atoms with E-state index in [0.717, 1.165) is 0 Å². The molecule has 0 heterocycles. The summed E-state index contributed by atoms with van der Waals surface area (Å²) in [4.78, 5) is 22.0. The number of carbonyl (C=O) groups excluding carboxylic acids is 2. The Morgan fingerprint density at radius 3 is 2.38 bits per heavy atom. The number of ketones is 1. The van der Waals surface area contributed by atoms with Crippen LogP contribution in [0.15, 0.2) is 0 Å². The van der Waals surface area contributed by atoms with Crippen LogP contribution in [0.1, 0.15) is 40.0 Å². The molecule has 3 nitrogen and oxygen atoms in total. The molecule has 1 aliphatic rings. The third kappa shape index (κ3) is 3.57. The molecule has 1 N–H and O–H groups in total. The van der Waals surface area contributed by atoms with Gasteiger partial charge in [0.05, 0.1) is 0 Å². The quantitative estimate of drug-likeness (QED) is 0.700. The SMILES string of the molecule is CC(C)(C)NC(=O)CC1CC(=O)C1. The average molecular weight is 183 g/mol. The molecule has 0 aromatic heterocycles. The molecule has 0 atom stereocenters. The molecular formula is C10H17NO2. The lowest BCUT2D eigenvalue weighted by Crippen LogP contribution is -2.42. The van der Waals surface area contributed by atoms with Crippen molar-refractivity contribution in [3.63, 3.8) is 0 Å². The zero-order valence-electron chi connectivity index (χ0n) is 8.52. The molecule has 74 valence electrons. The van der Waals surface area contributed by atoms with Gasteiger partial charge in [0.1, 0.15) is 5.78 Å². The summed E-state index contributed by atoms with van der Waals surface area (Å²) in [6.45, 7) is 5.87. The van der Waals surface area contributed by atoms with E-state index in [1.165, 1.54) is 0 Å². The highest BCUT2D eigenvalue weighted by molar-refractivity contribution is 5.87. The minimum atomic E-state index is -0.162. The van der Waals surface area contributed by atoms with Crippen LogP contribution in [0.3, 0.4) is 0 Å². The molecule has 0 aromatic carbocycles. The highest BCUT2D eigenvalue weighted by Crippen LogP contribution is 2.25. The molecule has 0 aromatic rings. The first-order chi connectivity index (χ1) is 5.87. The van der Waals surface area contributed by atoms with E-state index >= 15 is 0 Å². The maximum absolute atomic E-state index is 11.3. The molecule has 0 radical (unpaired) electrons. The molecule has 1 fully saturated rings. The number of Topliss-reactive ketones (excluding diaryl/α,β-unsaturated/α-hetero) is 1. The normalized spacial score (nSPS) is 18.2. The predicted octanol–water partition coefficient (Wildman–Crippen LogP) is 1.27. The van der Waals surface area contributed by atoms with Crippen molar-refractivity contribution >= 4 is 11.7 Å². The van der Waals surface area contributed by atoms with Crippen LogP contribution in [0.25, 0.3) is 0 Å². The lowest BCUT2D eigenvalue weighted by atomic mass is 9.81. The molecule has 0 saturated heterocycles. The number of nitrogens with one attached hydrogen (secondary N) is 1. The first-order valence-electron chi connectivity index (χ1n) is 4.69. The maximum atomic E-state index is 11.3. The number of carbonyl (C=O) groups is 2. The van der Waals surface area contributed by atoms with Crippen LogP contribution in [0, 0.1) is 5.92 Å². The van der Waals surface area contributed by atoms with E-state index in [1.807, 2.05) is 20.8 Å². The highest BCUT2D eigenvalue weighted by atomic mass is 16.2. The van der Waals surface area contributed by atoms with Gasteiger partial charge in [0.2, 0.25) is 5.91 Å². The molecule has 1 amide bonds. The predicted molar refractivity (Wildman–Crippen MR) is 50.2 cm³/mol. The summed E-state index contributed by atoms with van der Waals surface area (Å²) in [6.07, 6.45) is 1.69. The Labute approximate surface area is 78.9 Å². The molecule has 1 aliphatic carbocycles. The van der Waals surface area contributed by atoms with E-state index in [4.69, 9.17) is 0 Å². The Morgan fingerprint density at radius 2 is 2.00 bits per heavy atom. The van der Waals surface area contributed by atoms with Gasteiger partial charge in [-0.05, 0) is 26.7 Å². The zero-order chi connectivity index (χ0) is 10.1. The van der Waals surface area contributed by atoms with Crippen molar-refractivity contribution in [2.45, 2.75) is 45.6 Å². The van der Waals surface area contributed by atoms with Gasteiger partial charge >= 0.3 is 0 Å². The minimum Gasteiger partial charge on any atom is -0.352 e. The van der Waals surface area contributed by atoms with E-state index in [0.29, 0.717) is 25.2 Å². The topological polar surface area (TPSA) is 46.2 Å². The Balaban J connectivity index is 2.22. The van der Waals surface area contributed by atoms with Crippen LogP contribution in [0.4, 0.5) is 0 Å². The third-order valence-electron chi connectivity index (χ3n) is 2.02. The molecular weight excluding hydrogens is 166 g/mol. The average Bonchev–Trinajstić information content (AvgIpc) is 1.79. The lowest BCUT2D eigenvalue weighted by Gasteiger charge is -2.26. The van der Waals surface area contributed by atoms with Gasteiger partial charge in [-0.2, -0.15) is 0 Å². The van der Waals surface area contributed by atoms with Gasteiger partial charge in [-0.25, -0.2) is 0 Å². The van der Waals surface area contributed by atoms with Gasteiger partial charge < -0.3 is 5.32 Å². The van der Waals surface area contributed by atoms with Crippen LogP contribution < -0.4 is 5.32 Å². The fourth-order valence-corrected chi connectivity index (χ4v) is 1.46. The van der Waals surface area contributed by atoms with Gasteiger partial charge in [-0.3, -0.25) is 9.59 Å². The highest BCUT2D eigenvalue weighted by Gasteiger charge is 2.29. The van der Waals surface area contributed by atoms with E-state index in [9.17, 15) is 9.59 Å². The molecule has 0 bridgehead atoms. The smallest absolute Gasteiger partial charge is 0.220 e. The van der Waals surface area contributed by atoms with Crippen molar-refractivity contribution in [2.24, 2.45) is 5.92 Å². The summed E-state index contributed by atoms with van der Waals surface area (Å²) in [5.41, 5.74) is -0.162. The van der Waals surface area contributed by atoms with Crippen molar-refractivity contribution in [2.75, 3.05) is 0 Å². The number of hydrogen-bond acceptors (Lipinski definition) is 2. The monoisotopic (exact) mass is 183 g/mol. The Morgan fingerprint density at radius 1 is 1.46 bits per heavy atom. The van der Waals surface area contributed by atoms with Crippen molar-refractivity contribution in [3.8, 4) is 0 Å². The summed E-state index contributed by atoms with van der Waals surface area (Å²) < 4.78 is 0. The van der Waals surface area contributed by atoms with Crippen LogP contribution in [0.5, 0.6) is 0 Å². The van der Waals surface area contributed by atoms with Gasteiger partial charge in [0.15, 0.2) is 0 Å². The molecule has 1 rings (SSSR count). The maximum Gasteiger partial charge on any atom is 0.220 e. The first kappa shape index (κ1) is 10.2. The summed E-state index contributed by atoms with van der Waals surface area (Å²) >= 11 is 0. The molecule has 0 spiro atoms. The number of hydrogen-bond donors (Lipinski definition) is 1. The second kappa shape index (κ2) is 3.48. The Kier molecular flexibility index (Phi) is 2.74. The van der Waals surface area contributed by atoms with Gasteiger partial charge in [-0.15, -0.1) is 0 Å². The molecule has 0 unspecified atom stereocenters. The number of amides is 1. The van der Waals surface area contributed by atoms with Crippen LogP contribution >= 0.6 is 0 Å². The van der Waals surface area contributed by atoms with Crippen molar-refractivity contribution in [1.29, 1.82) is 0 Å². The largest absolute Gasteiger partial charge is 0.352 e. The minimum absolute atomic E-state index is 0.0602. The standard InChI is InChI=1S/C10H17NO2/c1-10(2,3)11-9(13)6-7-4-8(12)5-7/h7H,4-6H2,1-3H3,(H,11,13). The summed E-state index contributed by atoms with van der Waals surface area (Å²) in [5.74, 6) is 0.647. The zero-order valence-corrected chi connectivity index (χ0v) is 8.52. The van der Waals surface area contributed by atoms with E-state index in [-0.39, 0.29) is 17.2 Å². The van der Waals surface area contributed by atoms with Crippen LogP contribution in [-0.4, -0.2) is 17.2 Å². The van der Waals surface area contributed by atoms with Gasteiger partial charge in [0.25, 0.3) is 0 Å². The van der Waals surface area contributed by atoms with Crippen molar-refractivity contribution < 1.29 is 9.59 Å². The molecule has 1 saturated carbocycles. The Bertz CT molecular complexity index is 220. The molecule has 3 heteroatoms. The van der Waals surface area contributed by atoms with E-state index < -0.39 is 0 Å². The fourth-order valence-electron chi connectivity index (χ4n) is 1.46. The summed E-state index contributed by atoms with van der Waals surface area (Å²) in [7, 11) is 0. The number of rotatable bonds is 2. The van der Waals surface area contributed by atoms with Crippen molar-refractivity contribution in [3.05, 3.63) is 0 Å². The van der Waals surface area contributed by atoms with Gasteiger partial charge in [0, 0.05) is 24.8 Å². The molecule has 13 heavy (non-hydrogen) atoms. The first-order valence-corrected chi connectivity index (χ1v) is 4.69. The molecule has 0 aliphatic heterocycles. The fraction of sp³-hybridized carbons (Fsp3) is 0.800. The third-order valence-corrected chi connectivity index (χ3v) is 2.02. The van der Waals surface area contributed by atoms with Gasteiger partial charge in [-0.1, -0.05) is 0 Å².